The summed E-state index contributed by atoms with van der Waals surface area (Å²) in [5, 5.41) is 3.00. The summed E-state index contributed by atoms with van der Waals surface area (Å²) in [6.45, 7) is 10.4. The molecule has 1 N–H and O–H groups in total. The molecule has 0 unspecified atom stereocenters. The summed E-state index contributed by atoms with van der Waals surface area (Å²) >= 11 is 0. The first-order valence-corrected chi connectivity index (χ1v) is 11.2. The Kier molecular flexibility index (Phi) is 7.33. The highest BCUT2D eigenvalue weighted by atomic mass is 16.2. The van der Waals surface area contributed by atoms with Gasteiger partial charge in [0.2, 0.25) is 11.8 Å². The molecule has 0 aliphatic carbocycles. The summed E-state index contributed by atoms with van der Waals surface area (Å²) in [5.74, 6) is 0.498. The number of hydrogen-bond acceptors (Lipinski definition) is 3. The van der Waals surface area contributed by atoms with Crippen molar-refractivity contribution in [3.8, 4) is 0 Å². The van der Waals surface area contributed by atoms with Gasteiger partial charge >= 0.3 is 0 Å². The van der Waals surface area contributed by atoms with E-state index < -0.39 is 0 Å². The molecular weight excluding hydrogens is 362 g/mol. The Morgan fingerprint density at radius 3 is 2.07 bits per heavy atom. The summed E-state index contributed by atoms with van der Waals surface area (Å²) in [4.78, 5) is 29.5. The zero-order chi connectivity index (χ0) is 20.9. The fourth-order valence-corrected chi connectivity index (χ4v) is 4.34. The molecule has 2 saturated heterocycles. The van der Waals surface area contributed by atoms with Crippen LogP contribution in [0.4, 0.5) is 5.69 Å². The van der Waals surface area contributed by atoms with Gasteiger partial charge in [-0.15, -0.1) is 0 Å². The maximum atomic E-state index is 12.8. The minimum atomic E-state index is 0.0193. The minimum absolute atomic E-state index is 0.0193. The van der Waals surface area contributed by atoms with Gasteiger partial charge in [-0.1, -0.05) is 45.7 Å². The molecule has 2 fully saturated rings. The lowest BCUT2D eigenvalue weighted by molar-refractivity contribution is -0.137. The number of carbonyl (C=O) groups is 2. The molecule has 1 aromatic rings. The maximum absolute atomic E-state index is 12.8. The lowest BCUT2D eigenvalue weighted by atomic mass is 9.87. The lowest BCUT2D eigenvalue weighted by Gasteiger charge is -2.33. The van der Waals surface area contributed by atoms with Crippen molar-refractivity contribution in [2.45, 2.75) is 64.7 Å². The van der Waals surface area contributed by atoms with Crippen LogP contribution in [0.3, 0.4) is 0 Å². The van der Waals surface area contributed by atoms with Gasteiger partial charge in [0.1, 0.15) is 0 Å². The predicted molar refractivity (Wildman–Crippen MR) is 118 cm³/mol. The van der Waals surface area contributed by atoms with Gasteiger partial charge < -0.3 is 10.2 Å². The Balaban J connectivity index is 1.43. The van der Waals surface area contributed by atoms with E-state index in [0.717, 1.165) is 57.5 Å². The molecule has 0 radical (unpaired) electrons. The third kappa shape index (κ3) is 6.30. The minimum Gasteiger partial charge on any atom is -0.342 e. The Hall–Kier alpha value is -1.88. The number of nitrogens with zero attached hydrogens (tertiary/aromatic N) is 2. The third-order valence-electron chi connectivity index (χ3n) is 6.26. The molecule has 0 saturated carbocycles. The fourth-order valence-electron chi connectivity index (χ4n) is 4.34. The second-order valence-electron chi connectivity index (χ2n) is 9.67. The van der Waals surface area contributed by atoms with E-state index >= 15 is 0 Å². The predicted octanol–water partition coefficient (Wildman–Crippen LogP) is 4.04. The van der Waals surface area contributed by atoms with E-state index in [1.165, 1.54) is 18.4 Å². The van der Waals surface area contributed by atoms with Crippen LogP contribution in [-0.4, -0.2) is 54.3 Å². The number of nitrogens with one attached hydrogen (secondary N) is 1. The van der Waals surface area contributed by atoms with Crippen molar-refractivity contribution in [1.82, 2.24) is 9.80 Å². The normalized spacial score (nSPS) is 19.6. The molecule has 2 heterocycles. The van der Waals surface area contributed by atoms with Crippen LogP contribution in [0.15, 0.2) is 24.3 Å². The summed E-state index contributed by atoms with van der Waals surface area (Å²) in [6, 6.07) is 8.11. The van der Waals surface area contributed by atoms with Gasteiger partial charge in [-0.3, -0.25) is 14.5 Å². The number of piperidine rings is 1. The molecule has 3 rings (SSSR count). The number of anilines is 1. The van der Waals surface area contributed by atoms with E-state index in [4.69, 9.17) is 0 Å². The van der Waals surface area contributed by atoms with E-state index in [1.54, 1.807) is 0 Å². The number of rotatable bonds is 4. The first-order chi connectivity index (χ1) is 13.8. The average Bonchev–Trinajstić information content (AvgIpc) is 2.97. The highest BCUT2D eigenvalue weighted by Gasteiger charge is 2.29. The highest BCUT2D eigenvalue weighted by Crippen LogP contribution is 2.24. The van der Waals surface area contributed by atoms with Gasteiger partial charge in [0.25, 0.3) is 0 Å². The van der Waals surface area contributed by atoms with Gasteiger partial charge in [-0.2, -0.15) is 0 Å². The van der Waals surface area contributed by atoms with E-state index in [2.05, 4.69) is 48.0 Å². The van der Waals surface area contributed by atoms with E-state index in [-0.39, 0.29) is 17.2 Å². The molecular formula is C24H37N3O2. The average molecular weight is 400 g/mol. The second kappa shape index (κ2) is 9.75. The van der Waals surface area contributed by atoms with Crippen molar-refractivity contribution < 1.29 is 9.59 Å². The zero-order valence-electron chi connectivity index (χ0n) is 18.4. The molecule has 29 heavy (non-hydrogen) atoms. The summed E-state index contributed by atoms with van der Waals surface area (Å²) in [6.07, 6.45) is 6.50. The van der Waals surface area contributed by atoms with Crippen LogP contribution in [0.2, 0.25) is 0 Å². The van der Waals surface area contributed by atoms with E-state index in [9.17, 15) is 9.59 Å². The summed E-state index contributed by atoms with van der Waals surface area (Å²) < 4.78 is 0. The molecule has 5 heteroatoms. The quantitative estimate of drug-likeness (QED) is 0.831. The molecule has 5 nitrogen and oxygen atoms in total. The van der Waals surface area contributed by atoms with Crippen molar-refractivity contribution in [2.75, 3.05) is 38.0 Å². The molecule has 0 spiro atoms. The van der Waals surface area contributed by atoms with Crippen molar-refractivity contribution in [3.63, 3.8) is 0 Å². The lowest BCUT2D eigenvalue weighted by Crippen LogP contribution is -2.44. The SMILES string of the molecule is CC(C)(C)c1ccc(NC(=O)CN2CCC(C(=O)N3CCCCCC3)CC2)cc1. The number of carbonyl (C=O) groups excluding carboxylic acids is 2. The molecule has 0 aromatic heterocycles. The highest BCUT2D eigenvalue weighted by molar-refractivity contribution is 5.92. The van der Waals surface area contributed by atoms with Crippen molar-refractivity contribution in [3.05, 3.63) is 29.8 Å². The molecule has 2 aliphatic rings. The Morgan fingerprint density at radius 1 is 0.931 bits per heavy atom. The molecule has 0 atom stereocenters. The standard InChI is InChI=1S/C24H37N3O2/c1-24(2,3)20-8-10-21(11-9-20)25-22(28)18-26-16-12-19(13-17-26)23(29)27-14-6-4-5-7-15-27/h8-11,19H,4-7,12-18H2,1-3H3,(H,25,28). The summed E-state index contributed by atoms with van der Waals surface area (Å²) in [7, 11) is 0. The van der Waals surface area contributed by atoms with Crippen LogP contribution < -0.4 is 5.32 Å². The number of likely N-dealkylation sites (tertiary alicyclic amines) is 2. The van der Waals surface area contributed by atoms with Gasteiger partial charge in [-0.05, 0) is 61.9 Å². The third-order valence-corrected chi connectivity index (χ3v) is 6.26. The molecule has 1 aromatic carbocycles. The summed E-state index contributed by atoms with van der Waals surface area (Å²) in [5.41, 5.74) is 2.21. The molecule has 2 aliphatic heterocycles. The van der Waals surface area contributed by atoms with Gasteiger partial charge in [0.05, 0.1) is 6.54 Å². The van der Waals surface area contributed by atoms with Gasteiger partial charge in [-0.25, -0.2) is 0 Å². The largest absolute Gasteiger partial charge is 0.342 e. The van der Waals surface area contributed by atoms with Crippen LogP contribution in [0.5, 0.6) is 0 Å². The van der Waals surface area contributed by atoms with E-state index in [1.807, 2.05) is 12.1 Å². The van der Waals surface area contributed by atoms with Crippen molar-refractivity contribution >= 4 is 17.5 Å². The first-order valence-electron chi connectivity index (χ1n) is 11.2. The van der Waals surface area contributed by atoms with Crippen molar-refractivity contribution in [2.24, 2.45) is 5.92 Å². The zero-order valence-corrected chi connectivity index (χ0v) is 18.4. The monoisotopic (exact) mass is 399 g/mol. The fraction of sp³-hybridized carbons (Fsp3) is 0.667. The van der Waals surface area contributed by atoms with Crippen LogP contribution in [0.25, 0.3) is 0 Å². The van der Waals surface area contributed by atoms with E-state index in [0.29, 0.717) is 12.5 Å². The number of benzene rings is 1. The van der Waals surface area contributed by atoms with Crippen LogP contribution in [0, 0.1) is 5.92 Å². The maximum Gasteiger partial charge on any atom is 0.238 e. The Morgan fingerprint density at radius 2 is 1.52 bits per heavy atom. The Labute approximate surface area is 175 Å². The number of hydrogen-bond donors (Lipinski definition) is 1. The number of amides is 2. The topological polar surface area (TPSA) is 52.7 Å². The first kappa shape index (κ1) is 21.8. The Bertz CT molecular complexity index is 677. The van der Waals surface area contributed by atoms with Crippen LogP contribution in [-0.2, 0) is 15.0 Å². The van der Waals surface area contributed by atoms with Crippen LogP contribution >= 0.6 is 0 Å². The van der Waals surface area contributed by atoms with Crippen LogP contribution in [0.1, 0.15) is 64.9 Å². The molecule has 160 valence electrons. The van der Waals surface area contributed by atoms with Gasteiger partial charge in [0.15, 0.2) is 0 Å². The van der Waals surface area contributed by atoms with Gasteiger partial charge in [0, 0.05) is 24.7 Å². The molecule has 2 amide bonds. The van der Waals surface area contributed by atoms with Crippen molar-refractivity contribution in [1.29, 1.82) is 0 Å². The smallest absolute Gasteiger partial charge is 0.238 e. The molecule has 0 bridgehead atoms. The second-order valence-corrected chi connectivity index (χ2v) is 9.67.